The van der Waals surface area contributed by atoms with Gasteiger partial charge in [-0.2, -0.15) is 0 Å². The van der Waals surface area contributed by atoms with Crippen LogP contribution in [0.15, 0.2) is 9.98 Å². The molecule has 0 spiro atoms. The van der Waals surface area contributed by atoms with Crippen molar-refractivity contribution in [2.75, 3.05) is 39.3 Å². The number of guanidine groups is 2. The van der Waals surface area contributed by atoms with E-state index in [0.717, 1.165) is 4.90 Å². The first-order chi connectivity index (χ1) is 27.3. The monoisotopic (exact) mass is 827 g/mol. The summed E-state index contributed by atoms with van der Waals surface area (Å²) in [6.45, 7) is -0.389. The summed E-state index contributed by atoms with van der Waals surface area (Å²) in [5, 5.41) is 33.2. The second kappa shape index (κ2) is 25.8. The topological polar surface area (TPSA) is 450 Å². The quantitative estimate of drug-likeness (QED) is 0.0219. The maximum absolute atomic E-state index is 13.3. The van der Waals surface area contributed by atoms with Gasteiger partial charge in [-0.15, -0.1) is 0 Å². The Morgan fingerprint density at radius 1 is 0.707 bits per heavy atom. The number of aliphatic carboxylic acids is 1. The predicted molar refractivity (Wildman–Crippen MR) is 205 cm³/mol. The number of likely N-dealkylation sites (tertiary alicyclic amines) is 1. The van der Waals surface area contributed by atoms with Crippen molar-refractivity contribution in [3.63, 3.8) is 0 Å². The molecule has 0 saturated carbocycles. The summed E-state index contributed by atoms with van der Waals surface area (Å²) in [6, 6.07) is -8.02. The summed E-state index contributed by atoms with van der Waals surface area (Å²) in [5.41, 5.74) is 32.1. The van der Waals surface area contributed by atoms with E-state index >= 15 is 0 Å². The van der Waals surface area contributed by atoms with Gasteiger partial charge in [0.15, 0.2) is 11.9 Å². The van der Waals surface area contributed by atoms with E-state index in [0.29, 0.717) is 19.3 Å². The number of rotatable bonds is 26. The lowest BCUT2D eigenvalue weighted by molar-refractivity contribution is -0.143. The zero-order chi connectivity index (χ0) is 43.9. The van der Waals surface area contributed by atoms with Gasteiger partial charge in [0.2, 0.25) is 47.3 Å². The molecule has 0 aromatic heterocycles. The molecule has 1 rings (SSSR count). The molecule has 0 aromatic rings. The zero-order valence-electron chi connectivity index (χ0n) is 32.2. The van der Waals surface area contributed by atoms with Crippen LogP contribution in [-0.4, -0.2) is 156 Å². The number of nitrogens with two attached hydrogens (primary N) is 6. The third-order valence-electron chi connectivity index (χ3n) is 8.48. The first-order valence-electron chi connectivity index (χ1n) is 18.3. The van der Waals surface area contributed by atoms with Gasteiger partial charge in [0.25, 0.3) is 0 Å². The second-order valence-electron chi connectivity index (χ2n) is 13.1. The van der Waals surface area contributed by atoms with Crippen molar-refractivity contribution in [2.24, 2.45) is 44.4 Å². The van der Waals surface area contributed by atoms with E-state index in [2.05, 4.69) is 41.9 Å². The van der Waals surface area contributed by atoms with Crippen LogP contribution in [0.5, 0.6) is 0 Å². The Balaban J connectivity index is 3.00. The molecule has 0 unspecified atom stereocenters. The molecule has 1 heterocycles. The molecule has 20 N–H and O–H groups in total. The number of nitrogens with one attached hydrogen (secondary N) is 6. The molecule has 26 nitrogen and oxygen atoms in total. The molecular weight excluding hydrogens is 770 g/mol. The highest BCUT2D eigenvalue weighted by atomic mass is 16.4. The Kier molecular flexibility index (Phi) is 22.1. The molecule has 1 saturated heterocycles. The van der Waals surface area contributed by atoms with Crippen LogP contribution >= 0.6 is 0 Å². The van der Waals surface area contributed by atoms with E-state index in [4.69, 9.17) is 34.4 Å². The first kappa shape index (κ1) is 49.7. The molecule has 58 heavy (non-hydrogen) atoms. The average Bonchev–Trinajstić information content (AvgIpc) is 3.66. The lowest BCUT2D eigenvalue weighted by Crippen LogP contribution is -2.58. The summed E-state index contributed by atoms with van der Waals surface area (Å²) in [5.74, 6) is -8.79. The molecule has 1 aliphatic rings. The molecule has 26 heteroatoms. The van der Waals surface area contributed by atoms with E-state index < -0.39 is 116 Å². The summed E-state index contributed by atoms with van der Waals surface area (Å²) in [6.07, 6.45) is 0.856. The number of aliphatic hydroxyl groups excluding tert-OH is 1. The van der Waals surface area contributed by atoms with Crippen molar-refractivity contribution in [1.82, 2.24) is 36.8 Å². The molecule has 0 bridgehead atoms. The molecule has 0 radical (unpaired) electrons. The van der Waals surface area contributed by atoms with Gasteiger partial charge in [0.05, 0.1) is 26.1 Å². The van der Waals surface area contributed by atoms with Gasteiger partial charge in [0, 0.05) is 19.6 Å². The fraction of sp³-hybridized carbons (Fsp3) is 0.656. The van der Waals surface area contributed by atoms with Crippen molar-refractivity contribution >= 4 is 65.1 Å². The smallest absolute Gasteiger partial charge is 0.305 e. The zero-order valence-corrected chi connectivity index (χ0v) is 32.2. The van der Waals surface area contributed by atoms with Crippen LogP contribution in [0.1, 0.15) is 58.3 Å². The first-order valence-corrected chi connectivity index (χ1v) is 18.3. The molecule has 6 atom stereocenters. The van der Waals surface area contributed by atoms with Gasteiger partial charge in [-0.3, -0.25) is 53.1 Å². The Labute approximate surface area is 333 Å². The number of carbonyl (C=O) groups is 9. The highest BCUT2D eigenvalue weighted by molar-refractivity contribution is 5.97. The molecule has 1 aliphatic heterocycles. The number of nitrogens with zero attached hydrogens (tertiary/aromatic N) is 3. The van der Waals surface area contributed by atoms with E-state index in [-0.39, 0.29) is 57.2 Å². The van der Waals surface area contributed by atoms with Gasteiger partial charge >= 0.3 is 5.97 Å². The van der Waals surface area contributed by atoms with Crippen LogP contribution in [0, 0.1) is 0 Å². The Bertz CT molecular complexity index is 1540. The van der Waals surface area contributed by atoms with Crippen molar-refractivity contribution in [3.05, 3.63) is 0 Å². The largest absolute Gasteiger partial charge is 0.481 e. The van der Waals surface area contributed by atoms with E-state index in [1.54, 1.807) is 0 Å². The van der Waals surface area contributed by atoms with Gasteiger partial charge in [0.1, 0.15) is 36.3 Å². The van der Waals surface area contributed by atoms with E-state index in [1.807, 2.05) is 0 Å². The number of hydrogen-bond donors (Lipinski definition) is 14. The van der Waals surface area contributed by atoms with Crippen LogP contribution in [0.3, 0.4) is 0 Å². The molecule has 8 amide bonds. The predicted octanol–water partition coefficient (Wildman–Crippen LogP) is -8.05. The Morgan fingerprint density at radius 3 is 1.83 bits per heavy atom. The van der Waals surface area contributed by atoms with Crippen molar-refractivity contribution in [3.8, 4) is 0 Å². The van der Waals surface area contributed by atoms with Crippen LogP contribution in [-0.2, 0) is 43.2 Å². The maximum atomic E-state index is 13.3. The normalized spacial score (nSPS) is 15.8. The maximum Gasteiger partial charge on any atom is 0.305 e. The lowest BCUT2D eigenvalue weighted by atomic mass is 10.1. The standard InChI is InChI=1S/C32H57N15O11/c1-16(42-28(56)18(43-22(49)13-33)6-2-3-9-39-31(35)36)26(54)45-17(7-4-10-40-32(37)38)27(55)41-14-23(50)44-19(12-24(51)52)29(57)46-20(15-48)30(58)47-11-5-8-21(47)25(34)53/h16-21,48H,2-15,33H2,1H3,(H2,34,53)(H,41,55)(H,42,56)(H,43,49)(H,44,50)(H,45,54)(H,46,57)(H,51,52)(H4,35,36,39)(H4,37,38,40)/t16-,17-,18-,19-,20-,21-/m0/s1. The number of hydrogen-bond acceptors (Lipinski definition) is 13. The summed E-state index contributed by atoms with van der Waals surface area (Å²) >= 11 is 0. The highest BCUT2D eigenvalue weighted by Crippen LogP contribution is 2.18. The van der Waals surface area contributed by atoms with Crippen LogP contribution in [0.25, 0.3) is 0 Å². The third kappa shape index (κ3) is 18.5. The summed E-state index contributed by atoms with van der Waals surface area (Å²) in [4.78, 5) is 122. The van der Waals surface area contributed by atoms with Crippen molar-refractivity contribution < 1.29 is 53.4 Å². The number of unbranched alkanes of at least 4 members (excludes halogenated alkanes) is 1. The molecule has 0 aromatic carbocycles. The fourth-order valence-corrected chi connectivity index (χ4v) is 5.54. The van der Waals surface area contributed by atoms with Gasteiger partial charge in [-0.1, -0.05) is 0 Å². The van der Waals surface area contributed by atoms with Crippen LogP contribution < -0.4 is 66.3 Å². The number of amides is 8. The average molecular weight is 828 g/mol. The van der Waals surface area contributed by atoms with Crippen molar-refractivity contribution in [1.29, 1.82) is 0 Å². The number of aliphatic hydroxyl groups is 1. The van der Waals surface area contributed by atoms with E-state index in [1.165, 1.54) is 6.92 Å². The summed E-state index contributed by atoms with van der Waals surface area (Å²) < 4.78 is 0. The molecule has 0 aliphatic carbocycles. The van der Waals surface area contributed by atoms with Gasteiger partial charge in [-0.05, 0) is 51.9 Å². The third-order valence-corrected chi connectivity index (χ3v) is 8.48. The molecule has 1 fully saturated rings. The van der Waals surface area contributed by atoms with Gasteiger partial charge in [-0.25, -0.2) is 0 Å². The fourth-order valence-electron chi connectivity index (χ4n) is 5.54. The molecule has 326 valence electrons. The molecular formula is C32H57N15O11. The van der Waals surface area contributed by atoms with Crippen LogP contribution in [0.4, 0.5) is 0 Å². The highest BCUT2D eigenvalue weighted by Gasteiger charge is 2.37. The Morgan fingerprint density at radius 2 is 1.26 bits per heavy atom. The SMILES string of the molecule is C[C@H](NC(=O)[C@H](CCCCN=C(N)N)NC(=O)CN)C(=O)N[C@@H](CCCN=C(N)N)C(=O)NCC(=O)N[C@@H](CC(=O)O)C(=O)N[C@@H](CO)C(=O)N1CCC[C@H]1C(N)=O. The van der Waals surface area contributed by atoms with Crippen LogP contribution in [0.2, 0.25) is 0 Å². The minimum Gasteiger partial charge on any atom is -0.481 e. The number of primary amides is 1. The minimum atomic E-state index is -1.79. The number of carboxylic acid groups (broad SMARTS) is 1. The number of carbonyl (C=O) groups excluding carboxylic acids is 8. The summed E-state index contributed by atoms with van der Waals surface area (Å²) in [7, 11) is 0. The Hall–Kier alpha value is -6.31. The minimum absolute atomic E-state index is 0.0464. The second-order valence-corrected chi connectivity index (χ2v) is 13.1. The lowest BCUT2D eigenvalue weighted by Gasteiger charge is -2.28. The number of carboxylic acids is 1. The van der Waals surface area contributed by atoms with Crippen molar-refractivity contribution in [2.45, 2.75) is 94.5 Å². The van der Waals surface area contributed by atoms with E-state index in [9.17, 15) is 53.4 Å². The van der Waals surface area contributed by atoms with Gasteiger partial charge < -0.3 is 81.4 Å². The number of aliphatic imine (C=N–C) groups is 2.